The van der Waals surface area contributed by atoms with Gasteiger partial charge in [-0.2, -0.15) is 5.10 Å². The van der Waals surface area contributed by atoms with Gasteiger partial charge in [-0.05, 0) is 12.8 Å². The summed E-state index contributed by atoms with van der Waals surface area (Å²) in [6.07, 6.45) is 1.84. The first-order valence-corrected chi connectivity index (χ1v) is 5.98. The Kier molecular flexibility index (Phi) is 4.35. The molecule has 1 heterocycles. The molecule has 92 valence electrons. The van der Waals surface area contributed by atoms with Gasteiger partial charge < -0.3 is 10.8 Å². The van der Waals surface area contributed by atoms with E-state index < -0.39 is 5.60 Å². The van der Waals surface area contributed by atoms with Crippen LogP contribution in [-0.2, 0) is 19.9 Å². The molecular formula is C11H20ClN3O. The maximum absolute atomic E-state index is 10.2. The Hall–Kier alpha value is -0.580. The van der Waals surface area contributed by atoms with Crippen LogP contribution >= 0.6 is 11.6 Å². The summed E-state index contributed by atoms with van der Waals surface area (Å²) in [5.74, 6) is 0. The molecule has 4 nitrogen and oxygen atoms in total. The van der Waals surface area contributed by atoms with E-state index in [2.05, 4.69) is 5.10 Å². The third-order valence-corrected chi connectivity index (χ3v) is 3.47. The van der Waals surface area contributed by atoms with Gasteiger partial charge in [0.1, 0.15) is 0 Å². The molecule has 3 N–H and O–H groups in total. The van der Waals surface area contributed by atoms with Crippen LogP contribution in [0.15, 0.2) is 0 Å². The standard InChI is InChI=1S/C11H20ClN3O/c1-4-8-10(12)9(15(3)14-8)6-11(16,5-2)7-13/h16H,4-7,13H2,1-3H3. The van der Waals surface area contributed by atoms with Crippen molar-refractivity contribution in [3.05, 3.63) is 16.4 Å². The van der Waals surface area contributed by atoms with Crippen molar-refractivity contribution < 1.29 is 5.11 Å². The van der Waals surface area contributed by atoms with Crippen LogP contribution in [0.1, 0.15) is 31.7 Å². The highest BCUT2D eigenvalue weighted by atomic mass is 35.5. The predicted octanol–water partition coefficient (Wildman–Crippen LogP) is 1.28. The molecule has 16 heavy (non-hydrogen) atoms. The normalized spacial score (nSPS) is 15.1. The summed E-state index contributed by atoms with van der Waals surface area (Å²) in [6, 6.07) is 0. The SMILES string of the molecule is CCc1nn(C)c(CC(O)(CC)CN)c1Cl. The molecule has 0 fully saturated rings. The second kappa shape index (κ2) is 5.17. The van der Waals surface area contributed by atoms with Crippen molar-refractivity contribution in [3.8, 4) is 0 Å². The van der Waals surface area contributed by atoms with Crippen LogP contribution < -0.4 is 5.73 Å². The third-order valence-electron chi connectivity index (χ3n) is 3.04. The molecule has 1 aromatic rings. The molecule has 0 aliphatic carbocycles. The second-order valence-corrected chi connectivity index (χ2v) is 4.52. The zero-order valence-electron chi connectivity index (χ0n) is 10.1. The van der Waals surface area contributed by atoms with Crippen molar-refractivity contribution in [2.75, 3.05) is 6.54 Å². The third kappa shape index (κ3) is 2.56. The number of aromatic nitrogens is 2. The lowest BCUT2D eigenvalue weighted by molar-refractivity contribution is 0.0438. The van der Waals surface area contributed by atoms with E-state index in [-0.39, 0.29) is 6.54 Å². The van der Waals surface area contributed by atoms with Gasteiger partial charge >= 0.3 is 0 Å². The van der Waals surface area contributed by atoms with E-state index in [1.54, 1.807) is 4.68 Å². The highest BCUT2D eigenvalue weighted by molar-refractivity contribution is 6.31. The smallest absolute Gasteiger partial charge is 0.0850 e. The van der Waals surface area contributed by atoms with Gasteiger partial charge in [0.2, 0.25) is 0 Å². The van der Waals surface area contributed by atoms with E-state index in [0.29, 0.717) is 17.9 Å². The molecule has 0 amide bonds. The van der Waals surface area contributed by atoms with E-state index in [0.717, 1.165) is 17.8 Å². The van der Waals surface area contributed by atoms with Crippen molar-refractivity contribution in [1.29, 1.82) is 0 Å². The van der Waals surface area contributed by atoms with E-state index in [1.807, 2.05) is 20.9 Å². The Morgan fingerprint density at radius 2 is 2.12 bits per heavy atom. The molecule has 1 atom stereocenters. The fourth-order valence-corrected chi connectivity index (χ4v) is 2.03. The zero-order valence-corrected chi connectivity index (χ0v) is 10.9. The number of halogens is 1. The summed E-state index contributed by atoms with van der Waals surface area (Å²) < 4.78 is 1.73. The van der Waals surface area contributed by atoms with E-state index in [9.17, 15) is 5.11 Å². The number of nitrogens with two attached hydrogens (primary N) is 1. The van der Waals surface area contributed by atoms with Crippen LogP contribution in [0.25, 0.3) is 0 Å². The molecule has 0 saturated carbocycles. The minimum atomic E-state index is -0.886. The first-order chi connectivity index (χ1) is 7.47. The molecule has 0 radical (unpaired) electrons. The summed E-state index contributed by atoms with van der Waals surface area (Å²) in [7, 11) is 1.84. The number of nitrogens with zero attached hydrogens (tertiary/aromatic N) is 2. The maximum atomic E-state index is 10.2. The Bertz CT molecular complexity index is 358. The molecule has 0 aliphatic heterocycles. The average Bonchev–Trinajstić information content (AvgIpc) is 2.56. The fraction of sp³-hybridized carbons (Fsp3) is 0.727. The van der Waals surface area contributed by atoms with Gasteiger partial charge in [0.25, 0.3) is 0 Å². The minimum Gasteiger partial charge on any atom is -0.388 e. The Labute approximate surface area is 101 Å². The first-order valence-electron chi connectivity index (χ1n) is 5.60. The summed E-state index contributed by atoms with van der Waals surface area (Å²) in [5.41, 5.74) is 6.42. The molecule has 5 heteroatoms. The largest absolute Gasteiger partial charge is 0.388 e. The molecule has 0 saturated heterocycles. The van der Waals surface area contributed by atoms with Crippen LogP contribution in [-0.4, -0.2) is 27.0 Å². The number of aryl methyl sites for hydroxylation is 2. The lowest BCUT2D eigenvalue weighted by Gasteiger charge is -2.24. The van der Waals surface area contributed by atoms with Crippen molar-refractivity contribution in [2.45, 2.75) is 38.7 Å². The van der Waals surface area contributed by atoms with Gasteiger partial charge in [-0.1, -0.05) is 25.4 Å². The lowest BCUT2D eigenvalue weighted by atomic mass is 9.94. The van der Waals surface area contributed by atoms with Gasteiger partial charge in [0, 0.05) is 20.0 Å². The predicted molar refractivity (Wildman–Crippen MR) is 65.6 cm³/mol. The van der Waals surface area contributed by atoms with Crippen LogP contribution in [0.5, 0.6) is 0 Å². The summed E-state index contributed by atoms with van der Waals surface area (Å²) in [4.78, 5) is 0. The lowest BCUT2D eigenvalue weighted by Crippen LogP contribution is -2.39. The van der Waals surface area contributed by atoms with Crippen molar-refractivity contribution in [3.63, 3.8) is 0 Å². The zero-order chi connectivity index (χ0) is 12.3. The van der Waals surface area contributed by atoms with Crippen molar-refractivity contribution in [1.82, 2.24) is 9.78 Å². The first kappa shape index (κ1) is 13.5. The van der Waals surface area contributed by atoms with Gasteiger partial charge in [-0.3, -0.25) is 4.68 Å². The minimum absolute atomic E-state index is 0.229. The van der Waals surface area contributed by atoms with E-state index in [4.69, 9.17) is 17.3 Å². The molecule has 0 aromatic carbocycles. The fourth-order valence-electron chi connectivity index (χ4n) is 1.67. The monoisotopic (exact) mass is 245 g/mol. The summed E-state index contributed by atoms with van der Waals surface area (Å²) >= 11 is 6.21. The van der Waals surface area contributed by atoms with Crippen LogP contribution in [0.3, 0.4) is 0 Å². The molecule has 0 spiro atoms. The van der Waals surface area contributed by atoms with Crippen molar-refractivity contribution in [2.24, 2.45) is 12.8 Å². The van der Waals surface area contributed by atoms with Crippen LogP contribution in [0.2, 0.25) is 5.02 Å². The Morgan fingerprint density at radius 1 is 1.50 bits per heavy atom. The molecule has 0 bridgehead atoms. The number of aliphatic hydroxyl groups is 1. The Morgan fingerprint density at radius 3 is 2.50 bits per heavy atom. The molecule has 0 aliphatic rings. The van der Waals surface area contributed by atoms with Crippen molar-refractivity contribution >= 4 is 11.6 Å². The van der Waals surface area contributed by atoms with E-state index in [1.165, 1.54) is 0 Å². The molecular weight excluding hydrogens is 226 g/mol. The van der Waals surface area contributed by atoms with Gasteiger partial charge in [-0.15, -0.1) is 0 Å². The maximum Gasteiger partial charge on any atom is 0.0850 e. The average molecular weight is 246 g/mol. The van der Waals surface area contributed by atoms with Gasteiger partial charge in [-0.25, -0.2) is 0 Å². The van der Waals surface area contributed by atoms with Crippen LogP contribution in [0.4, 0.5) is 0 Å². The quantitative estimate of drug-likeness (QED) is 0.822. The highest BCUT2D eigenvalue weighted by Crippen LogP contribution is 2.25. The van der Waals surface area contributed by atoms with Gasteiger partial charge in [0.05, 0.1) is 22.0 Å². The Balaban J connectivity index is 3.01. The number of hydrogen-bond donors (Lipinski definition) is 2. The molecule has 1 aromatic heterocycles. The van der Waals surface area contributed by atoms with Gasteiger partial charge in [0.15, 0.2) is 0 Å². The summed E-state index contributed by atoms with van der Waals surface area (Å²) in [5, 5.41) is 15.2. The van der Waals surface area contributed by atoms with E-state index >= 15 is 0 Å². The number of hydrogen-bond acceptors (Lipinski definition) is 3. The summed E-state index contributed by atoms with van der Waals surface area (Å²) in [6.45, 7) is 4.15. The van der Waals surface area contributed by atoms with Crippen LogP contribution in [0, 0.1) is 0 Å². The topological polar surface area (TPSA) is 64.1 Å². The highest BCUT2D eigenvalue weighted by Gasteiger charge is 2.27. The molecule has 1 rings (SSSR count). The second-order valence-electron chi connectivity index (χ2n) is 4.14. The number of rotatable bonds is 5. The molecule has 1 unspecified atom stereocenters.